The number of amides is 1. The molecular weight excluding hydrogens is 532 g/mol. The smallest absolute Gasteiger partial charge is 0.270 e. The van der Waals surface area contributed by atoms with Crippen LogP contribution < -0.4 is 0 Å². The Morgan fingerprint density at radius 2 is 1.88 bits per heavy atom. The van der Waals surface area contributed by atoms with E-state index in [1.807, 2.05) is 65.6 Å². The highest BCUT2D eigenvalue weighted by Gasteiger charge is 2.22. The number of nitrogens with one attached hydrogen (secondary N) is 2. The molecule has 1 aliphatic heterocycles. The Balaban J connectivity index is 1.39. The van der Waals surface area contributed by atoms with Crippen LogP contribution in [-0.2, 0) is 11.3 Å². The van der Waals surface area contributed by atoms with Crippen molar-refractivity contribution < 1.29 is 14.8 Å². The molecule has 10 nitrogen and oxygen atoms in total. The van der Waals surface area contributed by atoms with Gasteiger partial charge in [-0.1, -0.05) is 42.5 Å². The van der Waals surface area contributed by atoms with Gasteiger partial charge in [-0.05, 0) is 48.2 Å². The van der Waals surface area contributed by atoms with E-state index in [0.29, 0.717) is 40.8 Å². The number of rotatable bonds is 8. The number of carbonyl (C=O) groups is 1. The molecule has 0 bridgehead atoms. The minimum atomic E-state index is -0.462. The van der Waals surface area contributed by atoms with E-state index in [-0.39, 0.29) is 17.5 Å². The van der Waals surface area contributed by atoms with E-state index in [9.17, 15) is 20.0 Å². The second-order valence-electron chi connectivity index (χ2n) is 10.2. The molecular formula is C32H28N6O4. The quantitative estimate of drug-likeness (QED) is 0.115. The summed E-state index contributed by atoms with van der Waals surface area (Å²) in [5.41, 5.74) is 5.50. The number of benzene rings is 3. The summed E-state index contributed by atoms with van der Waals surface area (Å²) in [5, 5.41) is 23.0. The van der Waals surface area contributed by atoms with Gasteiger partial charge in [0.1, 0.15) is 0 Å². The average Bonchev–Trinajstić information content (AvgIpc) is 3.64. The monoisotopic (exact) mass is 560 g/mol. The molecule has 10 heteroatoms. The van der Waals surface area contributed by atoms with E-state index in [1.165, 1.54) is 12.1 Å². The van der Waals surface area contributed by atoms with Crippen LogP contribution in [0.15, 0.2) is 84.2 Å². The van der Waals surface area contributed by atoms with Gasteiger partial charge < -0.3 is 20.0 Å². The number of hydrogen-bond donors (Lipinski definition) is 3. The lowest BCUT2D eigenvalue weighted by Gasteiger charge is -2.26. The number of non-ortho nitro benzene ring substituents is 1. The van der Waals surface area contributed by atoms with Gasteiger partial charge in [-0.25, -0.2) is 9.98 Å². The van der Waals surface area contributed by atoms with Gasteiger partial charge in [-0.2, -0.15) is 0 Å². The Bertz CT molecular complexity index is 1800. The highest BCUT2D eigenvalue weighted by atomic mass is 16.6. The molecule has 2 aromatic heterocycles. The van der Waals surface area contributed by atoms with Crippen molar-refractivity contribution in [1.82, 2.24) is 19.9 Å². The van der Waals surface area contributed by atoms with Gasteiger partial charge in [0.25, 0.3) is 5.69 Å². The first-order chi connectivity index (χ1) is 20.4. The normalized spacial score (nSPS) is 14.2. The number of nitro benzene ring substituents is 1. The number of aromatic amines is 2. The van der Waals surface area contributed by atoms with E-state index >= 15 is 0 Å². The zero-order chi connectivity index (χ0) is 29.1. The van der Waals surface area contributed by atoms with E-state index in [4.69, 9.17) is 4.99 Å². The zero-order valence-electron chi connectivity index (χ0n) is 22.7. The summed E-state index contributed by atoms with van der Waals surface area (Å²) in [6, 6.07) is 19.7. The fraction of sp³-hybridized carbons (Fsp3) is 0.156. The van der Waals surface area contributed by atoms with Crippen molar-refractivity contribution in [2.24, 2.45) is 4.99 Å². The first-order valence-electron chi connectivity index (χ1n) is 13.7. The Kier molecular flexibility index (Phi) is 7.33. The average molecular weight is 561 g/mol. The summed E-state index contributed by atoms with van der Waals surface area (Å²) < 4.78 is 0. The number of H-pyrrole nitrogens is 2. The summed E-state index contributed by atoms with van der Waals surface area (Å²) >= 11 is 0. The van der Waals surface area contributed by atoms with Crippen LogP contribution in [0, 0.1) is 10.1 Å². The van der Waals surface area contributed by atoms with Crippen LogP contribution in [0.1, 0.15) is 47.2 Å². The highest BCUT2D eigenvalue weighted by molar-refractivity contribution is 6.22. The molecule has 0 unspecified atom stereocenters. The second kappa shape index (κ2) is 11.5. The molecule has 42 heavy (non-hydrogen) atoms. The van der Waals surface area contributed by atoms with E-state index in [2.05, 4.69) is 15.0 Å². The predicted octanol–water partition coefficient (Wildman–Crippen LogP) is 6.36. The number of nitro groups is 1. The van der Waals surface area contributed by atoms with Crippen LogP contribution in [0.2, 0.25) is 0 Å². The molecule has 1 fully saturated rings. The third kappa shape index (κ3) is 5.68. The first-order valence-corrected chi connectivity index (χ1v) is 13.7. The first kappa shape index (κ1) is 26.7. The van der Waals surface area contributed by atoms with Crippen LogP contribution in [0.25, 0.3) is 23.1 Å². The van der Waals surface area contributed by atoms with Gasteiger partial charge >= 0.3 is 0 Å². The minimum Gasteiger partial charge on any atom is -0.494 e. The number of carbonyl (C=O) groups excluding carboxylic acids is 1. The van der Waals surface area contributed by atoms with E-state index in [0.717, 1.165) is 41.8 Å². The summed E-state index contributed by atoms with van der Waals surface area (Å²) in [4.78, 5) is 40.2. The maximum absolute atomic E-state index is 12.3. The fourth-order valence-electron chi connectivity index (χ4n) is 5.13. The molecule has 3 N–H and O–H groups in total. The minimum absolute atomic E-state index is 0.0861. The Hall–Kier alpha value is -5.51. The van der Waals surface area contributed by atoms with Gasteiger partial charge in [-0.3, -0.25) is 14.9 Å². The van der Waals surface area contributed by atoms with Crippen molar-refractivity contribution >= 4 is 46.0 Å². The Morgan fingerprint density at radius 3 is 2.60 bits per heavy atom. The zero-order valence-corrected chi connectivity index (χ0v) is 22.7. The number of fused-ring (bicyclic) bond motifs is 1. The number of piperidine rings is 1. The Labute approximate surface area is 241 Å². The summed E-state index contributed by atoms with van der Waals surface area (Å²) in [5.74, 6) is 0.0343. The predicted molar refractivity (Wildman–Crippen MR) is 162 cm³/mol. The molecule has 0 saturated carbocycles. The van der Waals surface area contributed by atoms with Gasteiger partial charge in [0.15, 0.2) is 5.88 Å². The van der Waals surface area contributed by atoms with E-state index in [1.54, 1.807) is 18.6 Å². The lowest BCUT2D eigenvalue weighted by atomic mass is 9.99. The number of aromatic nitrogens is 3. The molecule has 5 aromatic rings. The highest BCUT2D eigenvalue weighted by Crippen LogP contribution is 2.34. The third-order valence-electron chi connectivity index (χ3n) is 7.34. The molecule has 0 aliphatic carbocycles. The van der Waals surface area contributed by atoms with Crippen LogP contribution >= 0.6 is 0 Å². The number of aliphatic imine (C=N–C) groups is 1. The molecule has 3 aromatic carbocycles. The van der Waals surface area contributed by atoms with Crippen molar-refractivity contribution in [2.45, 2.75) is 25.8 Å². The number of likely N-dealkylation sites (tertiary alicyclic amines) is 1. The molecule has 0 spiro atoms. The standard InChI is InChI=1S/C32H28N6O4/c39-29-3-1-2-16-37(29)19-22-4-9-23(10-5-22)31(30-27-17-26(38(41)42)14-15-28(27)36-32(30)40)35-24-11-6-21(7-12-24)8-13-25-18-33-20-34-25/h4-15,17-18,20,36,40H,1-3,16,19H2,(H,33,34). The van der Waals surface area contributed by atoms with Crippen molar-refractivity contribution in [2.75, 3.05) is 6.54 Å². The van der Waals surface area contributed by atoms with Crippen LogP contribution in [-0.4, -0.2) is 48.0 Å². The van der Waals surface area contributed by atoms with Crippen molar-refractivity contribution in [1.29, 1.82) is 0 Å². The van der Waals surface area contributed by atoms with Crippen LogP contribution in [0.3, 0.4) is 0 Å². The maximum atomic E-state index is 12.3. The van der Waals surface area contributed by atoms with Crippen molar-refractivity contribution in [3.8, 4) is 5.88 Å². The second-order valence-corrected chi connectivity index (χ2v) is 10.2. The number of hydrogen-bond acceptors (Lipinski definition) is 6. The lowest BCUT2D eigenvalue weighted by molar-refractivity contribution is -0.384. The fourth-order valence-corrected chi connectivity index (χ4v) is 5.13. The summed E-state index contributed by atoms with van der Waals surface area (Å²) in [6.07, 6.45) is 9.75. The molecule has 0 radical (unpaired) electrons. The molecule has 210 valence electrons. The summed E-state index contributed by atoms with van der Waals surface area (Å²) in [6.45, 7) is 1.28. The SMILES string of the molecule is O=C1CCCCN1Cc1ccc(C(=Nc2ccc(C=Cc3cnc[nH]3)cc2)c2c(O)[nH]c3ccc([N+](=O)[O-])cc23)cc1. The third-order valence-corrected chi connectivity index (χ3v) is 7.34. The lowest BCUT2D eigenvalue weighted by Crippen LogP contribution is -2.34. The molecule has 6 rings (SSSR count). The molecule has 3 heterocycles. The number of aromatic hydroxyl groups is 1. The maximum Gasteiger partial charge on any atom is 0.270 e. The molecule has 1 amide bonds. The van der Waals surface area contributed by atoms with Gasteiger partial charge in [-0.15, -0.1) is 0 Å². The number of nitrogens with zero attached hydrogens (tertiary/aromatic N) is 4. The van der Waals surface area contributed by atoms with Gasteiger partial charge in [0, 0.05) is 48.1 Å². The summed E-state index contributed by atoms with van der Waals surface area (Å²) in [7, 11) is 0. The Morgan fingerprint density at radius 1 is 1.07 bits per heavy atom. The molecule has 0 atom stereocenters. The van der Waals surface area contributed by atoms with Crippen molar-refractivity contribution in [3.63, 3.8) is 0 Å². The van der Waals surface area contributed by atoms with Crippen molar-refractivity contribution in [3.05, 3.63) is 117 Å². The van der Waals surface area contributed by atoms with Gasteiger partial charge in [0.05, 0.1) is 40.1 Å². The molecule has 1 saturated heterocycles. The van der Waals surface area contributed by atoms with Crippen LogP contribution in [0.5, 0.6) is 5.88 Å². The van der Waals surface area contributed by atoms with E-state index < -0.39 is 4.92 Å². The number of imidazole rings is 1. The van der Waals surface area contributed by atoms with Gasteiger partial charge in [0.2, 0.25) is 5.91 Å². The molecule has 1 aliphatic rings. The topological polar surface area (TPSA) is 141 Å². The van der Waals surface area contributed by atoms with Crippen LogP contribution in [0.4, 0.5) is 11.4 Å². The largest absolute Gasteiger partial charge is 0.494 e.